The highest BCUT2D eigenvalue weighted by atomic mass is 35.5. The molecule has 1 aliphatic heterocycles. The maximum atomic E-state index is 6.16. The summed E-state index contributed by atoms with van der Waals surface area (Å²) in [5, 5.41) is 5.84. The van der Waals surface area contributed by atoms with Gasteiger partial charge in [-0.2, -0.15) is 5.10 Å². The van der Waals surface area contributed by atoms with Gasteiger partial charge in [-0.3, -0.25) is 0 Å². The van der Waals surface area contributed by atoms with Gasteiger partial charge in [0.15, 0.2) is 6.23 Å². The second kappa shape index (κ2) is 4.35. The van der Waals surface area contributed by atoms with Gasteiger partial charge >= 0.3 is 0 Å². The maximum absolute atomic E-state index is 6.16. The van der Waals surface area contributed by atoms with E-state index in [-0.39, 0.29) is 6.23 Å². The molecule has 1 aliphatic rings. The second-order valence-electron chi connectivity index (χ2n) is 4.31. The van der Waals surface area contributed by atoms with E-state index in [2.05, 4.69) is 5.10 Å². The Bertz CT molecular complexity index is 549. The van der Waals surface area contributed by atoms with Crippen molar-refractivity contribution in [1.82, 2.24) is 9.78 Å². The standard InChI is InChI=1S/C12H12BClN2O/c13-9-4-5-10-8(12(9)14)7-15-16(10)11-3-1-2-6-17-11/h4-5,7,11H,1-3,6H2. The minimum atomic E-state index is 0.0286. The van der Waals surface area contributed by atoms with Crippen LogP contribution in [0, 0.1) is 0 Å². The molecule has 0 aliphatic carbocycles. The lowest BCUT2D eigenvalue weighted by Crippen LogP contribution is -2.19. The lowest BCUT2D eigenvalue weighted by Gasteiger charge is -2.23. The van der Waals surface area contributed by atoms with E-state index in [1.807, 2.05) is 16.8 Å². The highest BCUT2D eigenvalue weighted by Crippen LogP contribution is 2.28. The van der Waals surface area contributed by atoms with Gasteiger partial charge in [0.1, 0.15) is 7.85 Å². The quantitative estimate of drug-likeness (QED) is 0.721. The van der Waals surface area contributed by atoms with Gasteiger partial charge in [0.05, 0.1) is 11.7 Å². The summed E-state index contributed by atoms with van der Waals surface area (Å²) in [6.07, 6.45) is 5.09. The van der Waals surface area contributed by atoms with Crippen LogP contribution in [0.2, 0.25) is 5.02 Å². The van der Waals surface area contributed by atoms with Crippen molar-refractivity contribution in [2.45, 2.75) is 25.5 Å². The van der Waals surface area contributed by atoms with E-state index in [9.17, 15) is 0 Å². The molecule has 3 nitrogen and oxygen atoms in total. The molecule has 1 atom stereocenters. The van der Waals surface area contributed by atoms with Gasteiger partial charge < -0.3 is 4.74 Å². The van der Waals surface area contributed by atoms with Crippen molar-refractivity contribution in [2.75, 3.05) is 6.61 Å². The molecular weight excluding hydrogens is 234 g/mol. The molecule has 3 rings (SSSR count). The predicted octanol–water partition coefficient (Wildman–Crippen LogP) is 2.18. The fourth-order valence-electron chi connectivity index (χ4n) is 2.25. The Kier molecular flexibility index (Phi) is 2.85. The fourth-order valence-corrected chi connectivity index (χ4v) is 2.46. The van der Waals surface area contributed by atoms with Crippen molar-refractivity contribution in [1.29, 1.82) is 0 Å². The number of nitrogens with zero attached hydrogens (tertiary/aromatic N) is 2. The van der Waals surface area contributed by atoms with Crippen LogP contribution in [-0.2, 0) is 4.74 Å². The second-order valence-corrected chi connectivity index (χ2v) is 4.69. The van der Waals surface area contributed by atoms with Crippen LogP contribution >= 0.6 is 11.6 Å². The molecule has 86 valence electrons. The summed E-state index contributed by atoms with van der Waals surface area (Å²) < 4.78 is 7.63. The zero-order valence-electron chi connectivity index (χ0n) is 9.40. The molecule has 0 spiro atoms. The van der Waals surface area contributed by atoms with E-state index in [0.29, 0.717) is 10.5 Å². The molecule has 17 heavy (non-hydrogen) atoms. The smallest absolute Gasteiger partial charge is 0.150 e. The summed E-state index contributed by atoms with van der Waals surface area (Å²) in [6.45, 7) is 0.800. The van der Waals surface area contributed by atoms with Gasteiger partial charge in [-0.15, -0.1) is 0 Å². The van der Waals surface area contributed by atoms with Crippen molar-refractivity contribution >= 4 is 35.8 Å². The Morgan fingerprint density at radius 3 is 3.06 bits per heavy atom. The fraction of sp³-hybridized carbons (Fsp3) is 0.417. The molecule has 1 fully saturated rings. The van der Waals surface area contributed by atoms with Gasteiger partial charge in [0.25, 0.3) is 0 Å². The number of ether oxygens (including phenoxy) is 1. The van der Waals surface area contributed by atoms with Crippen LogP contribution in [0.3, 0.4) is 0 Å². The molecule has 1 saturated heterocycles. The molecular formula is C12H12BClN2O. The normalized spacial score (nSPS) is 20.9. The first-order valence-electron chi connectivity index (χ1n) is 5.80. The minimum absolute atomic E-state index is 0.0286. The summed E-state index contributed by atoms with van der Waals surface area (Å²) in [6, 6.07) is 3.76. The van der Waals surface area contributed by atoms with Crippen molar-refractivity contribution in [3.05, 3.63) is 23.4 Å². The molecule has 2 radical (unpaired) electrons. The number of hydrogen-bond donors (Lipinski definition) is 0. The van der Waals surface area contributed by atoms with E-state index >= 15 is 0 Å². The van der Waals surface area contributed by atoms with E-state index in [1.165, 1.54) is 6.42 Å². The molecule has 5 heteroatoms. The molecule has 2 heterocycles. The molecule has 0 bridgehead atoms. The number of hydrogen-bond acceptors (Lipinski definition) is 2. The highest BCUT2D eigenvalue weighted by molar-refractivity contribution is 6.48. The first kappa shape index (κ1) is 11.1. The Morgan fingerprint density at radius 1 is 1.41 bits per heavy atom. The zero-order chi connectivity index (χ0) is 11.8. The highest BCUT2D eigenvalue weighted by Gasteiger charge is 2.19. The van der Waals surface area contributed by atoms with Crippen LogP contribution in [-0.4, -0.2) is 24.2 Å². The third kappa shape index (κ3) is 1.85. The number of halogens is 1. The summed E-state index contributed by atoms with van der Waals surface area (Å²) in [5.41, 5.74) is 1.57. The topological polar surface area (TPSA) is 27.1 Å². The van der Waals surface area contributed by atoms with E-state index < -0.39 is 0 Å². The Morgan fingerprint density at radius 2 is 2.29 bits per heavy atom. The van der Waals surface area contributed by atoms with Crippen LogP contribution in [0.5, 0.6) is 0 Å². The first-order chi connectivity index (χ1) is 8.27. The predicted molar refractivity (Wildman–Crippen MR) is 69.0 cm³/mol. The van der Waals surface area contributed by atoms with Gasteiger partial charge in [-0.25, -0.2) is 4.68 Å². The van der Waals surface area contributed by atoms with Crippen LogP contribution in [0.15, 0.2) is 18.3 Å². The third-order valence-electron chi connectivity index (χ3n) is 3.17. The third-order valence-corrected chi connectivity index (χ3v) is 3.59. The van der Waals surface area contributed by atoms with E-state index in [4.69, 9.17) is 24.2 Å². The van der Waals surface area contributed by atoms with Crippen molar-refractivity contribution < 1.29 is 4.74 Å². The van der Waals surface area contributed by atoms with Gasteiger partial charge in [0.2, 0.25) is 0 Å². The lowest BCUT2D eigenvalue weighted by molar-refractivity contribution is -0.0366. The largest absolute Gasteiger partial charge is 0.356 e. The molecule has 0 amide bonds. The molecule has 0 N–H and O–H groups in total. The van der Waals surface area contributed by atoms with Gasteiger partial charge in [-0.1, -0.05) is 23.1 Å². The van der Waals surface area contributed by atoms with Crippen LogP contribution in [0.4, 0.5) is 0 Å². The van der Waals surface area contributed by atoms with Gasteiger partial charge in [0, 0.05) is 17.0 Å². The molecule has 1 unspecified atom stereocenters. The van der Waals surface area contributed by atoms with Gasteiger partial charge in [-0.05, 0) is 25.3 Å². The molecule has 2 aromatic rings. The number of aromatic nitrogens is 2. The number of benzene rings is 1. The van der Waals surface area contributed by atoms with E-state index in [0.717, 1.165) is 30.4 Å². The Labute approximate surface area is 106 Å². The average Bonchev–Trinajstić information content (AvgIpc) is 2.79. The lowest BCUT2D eigenvalue weighted by atomic mass is 9.95. The zero-order valence-corrected chi connectivity index (χ0v) is 10.2. The summed E-state index contributed by atoms with van der Waals surface area (Å²) in [5.74, 6) is 0. The van der Waals surface area contributed by atoms with Crippen molar-refractivity contribution in [2.24, 2.45) is 0 Å². The van der Waals surface area contributed by atoms with Crippen LogP contribution in [0.25, 0.3) is 10.9 Å². The number of rotatable bonds is 1. The van der Waals surface area contributed by atoms with Crippen molar-refractivity contribution in [3.8, 4) is 0 Å². The average molecular weight is 247 g/mol. The Balaban J connectivity index is 2.08. The molecule has 0 saturated carbocycles. The number of fused-ring (bicyclic) bond motifs is 1. The van der Waals surface area contributed by atoms with Crippen molar-refractivity contribution in [3.63, 3.8) is 0 Å². The molecule has 1 aromatic heterocycles. The molecule has 1 aromatic carbocycles. The van der Waals surface area contributed by atoms with Crippen LogP contribution < -0.4 is 5.46 Å². The monoisotopic (exact) mass is 246 g/mol. The summed E-state index contributed by atoms with van der Waals surface area (Å²) >= 11 is 6.16. The van der Waals surface area contributed by atoms with Crippen LogP contribution in [0.1, 0.15) is 25.5 Å². The minimum Gasteiger partial charge on any atom is -0.356 e. The Hall–Kier alpha value is -0.995. The SMILES string of the molecule is [B]c1ccc2c(cnn2C2CCCCO2)c1Cl. The summed E-state index contributed by atoms with van der Waals surface area (Å²) in [7, 11) is 5.77. The maximum Gasteiger partial charge on any atom is 0.150 e. The first-order valence-corrected chi connectivity index (χ1v) is 6.18. The summed E-state index contributed by atoms with van der Waals surface area (Å²) in [4.78, 5) is 0. The van der Waals surface area contributed by atoms with E-state index in [1.54, 1.807) is 6.20 Å².